The van der Waals surface area contributed by atoms with Crippen LogP contribution in [0.1, 0.15) is 25.3 Å². The zero-order valence-corrected chi connectivity index (χ0v) is 14.4. The molecule has 0 saturated carbocycles. The molecule has 7 nitrogen and oxygen atoms in total. The van der Waals surface area contributed by atoms with Crippen molar-refractivity contribution in [3.63, 3.8) is 0 Å². The van der Waals surface area contributed by atoms with Gasteiger partial charge in [-0.05, 0) is 17.5 Å². The minimum atomic E-state index is 0.296. The number of aromatic nitrogens is 3. The van der Waals surface area contributed by atoms with E-state index < -0.39 is 0 Å². The number of para-hydroxylation sites is 1. The van der Waals surface area contributed by atoms with Gasteiger partial charge in [-0.15, -0.1) is 5.10 Å². The van der Waals surface area contributed by atoms with Gasteiger partial charge in [-0.3, -0.25) is 4.90 Å². The number of H-pyrrole nitrogens is 1. The van der Waals surface area contributed by atoms with Gasteiger partial charge in [-0.2, -0.15) is 4.98 Å². The maximum atomic E-state index is 6.02. The van der Waals surface area contributed by atoms with Crippen molar-refractivity contribution in [2.24, 2.45) is 0 Å². The normalized spacial score (nSPS) is 15.9. The van der Waals surface area contributed by atoms with E-state index in [1.165, 1.54) is 5.56 Å². The van der Waals surface area contributed by atoms with E-state index in [-0.39, 0.29) is 0 Å². The minimum absolute atomic E-state index is 0.296. The highest BCUT2D eigenvalue weighted by Gasteiger charge is 2.19. The molecule has 1 aliphatic heterocycles. The molecule has 2 heterocycles. The number of benzene rings is 1. The van der Waals surface area contributed by atoms with E-state index in [1.807, 2.05) is 6.07 Å². The van der Waals surface area contributed by atoms with Crippen LogP contribution < -0.4 is 15.4 Å². The number of rotatable bonds is 6. The average molecular weight is 330 g/mol. The Kier molecular flexibility index (Phi) is 5.20. The third-order valence-electron chi connectivity index (χ3n) is 4.37. The zero-order chi connectivity index (χ0) is 16.9. The molecule has 7 heteroatoms. The number of hydrogen-bond donors (Lipinski definition) is 2. The van der Waals surface area contributed by atoms with Crippen LogP contribution in [0.5, 0.6) is 5.75 Å². The van der Waals surface area contributed by atoms with Crippen molar-refractivity contribution in [2.75, 3.05) is 50.0 Å². The second-order valence-electron chi connectivity index (χ2n) is 6.39. The summed E-state index contributed by atoms with van der Waals surface area (Å²) in [5, 5.41) is 6.75. The topological polar surface area (TPSA) is 83.3 Å². The monoisotopic (exact) mass is 330 g/mol. The van der Waals surface area contributed by atoms with Crippen LogP contribution in [0.25, 0.3) is 0 Å². The van der Waals surface area contributed by atoms with E-state index in [2.05, 4.69) is 57.0 Å². The number of ether oxygens (including phenoxy) is 1. The van der Waals surface area contributed by atoms with E-state index in [9.17, 15) is 0 Å². The number of nitrogens with one attached hydrogen (secondary N) is 1. The lowest BCUT2D eigenvalue weighted by Gasteiger charge is -2.34. The molecule has 0 aliphatic carbocycles. The smallest absolute Gasteiger partial charge is 0.241 e. The maximum absolute atomic E-state index is 6.02. The van der Waals surface area contributed by atoms with Crippen molar-refractivity contribution in [3.05, 3.63) is 29.8 Å². The number of piperazine rings is 1. The van der Waals surface area contributed by atoms with Crippen LogP contribution in [-0.2, 0) is 0 Å². The van der Waals surface area contributed by atoms with Crippen molar-refractivity contribution in [2.45, 2.75) is 19.8 Å². The molecule has 2 aromatic rings. The lowest BCUT2D eigenvalue weighted by atomic mass is 10.0. The first-order chi connectivity index (χ1) is 11.6. The summed E-state index contributed by atoms with van der Waals surface area (Å²) in [6, 6.07) is 8.30. The van der Waals surface area contributed by atoms with Crippen LogP contribution >= 0.6 is 0 Å². The quantitative estimate of drug-likeness (QED) is 0.839. The average Bonchev–Trinajstić information content (AvgIpc) is 3.02. The van der Waals surface area contributed by atoms with Crippen LogP contribution in [0, 0.1) is 0 Å². The number of nitrogens with two attached hydrogens (primary N) is 1. The molecule has 3 rings (SSSR count). The lowest BCUT2D eigenvalue weighted by molar-refractivity contribution is 0.199. The van der Waals surface area contributed by atoms with Crippen molar-refractivity contribution >= 4 is 11.9 Å². The summed E-state index contributed by atoms with van der Waals surface area (Å²) in [6.45, 7) is 9.81. The van der Waals surface area contributed by atoms with Gasteiger partial charge in [0.25, 0.3) is 0 Å². The number of nitrogens with zero attached hydrogens (tertiary/aromatic N) is 4. The number of aromatic amines is 1. The first kappa shape index (κ1) is 16.6. The van der Waals surface area contributed by atoms with E-state index in [0.717, 1.165) is 44.4 Å². The van der Waals surface area contributed by atoms with Gasteiger partial charge in [0, 0.05) is 32.7 Å². The van der Waals surface area contributed by atoms with Crippen molar-refractivity contribution in [3.8, 4) is 5.75 Å². The molecule has 24 heavy (non-hydrogen) atoms. The summed E-state index contributed by atoms with van der Waals surface area (Å²) in [6.07, 6.45) is 0. The van der Waals surface area contributed by atoms with Crippen LogP contribution in [-0.4, -0.2) is 59.4 Å². The van der Waals surface area contributed by atoms with E-state index in [0.29, 0.717) is 18.5 Å². The maximum Gasteiger partial charge on any atom is 0.241 e. The lowest BCUT2D eigenvalue weighted by Crippen LogP contribution is -2.47. The Labute approximate surface area is 142 Å². The molecule has 1 aromatic carbocycles. The fourth-order valence-electron chi connectivity index (χ4n) is 2.96. The van der Waals surface area contributed by atoms with Crippen LogP contribution in [0.2, 0.25) is 0 Å². The van der Waals surface area contributed by atoms with Gasteiger partial charge in [0.15, 0.2) is 0 Å². The Balaban J connectivity index is 1.44. The predicted molar refractivity (Wildman–Crippen MR) is 95.5 cm³/mol. The minimum Gasteiger partial charge on any atom is -0.492 e. The summed E-state index contributed by atoms with van der Waals surface area (Å²) in [5.74, 6) is 2.53. The molecular formula is C17H26N6O. The van der Waals surface area contributed by atoms with Gasteiger partial charge < -0.3 is 15.4 Å². The van der Waals surface area contributed by atoms with E-state index in [4.69, 9.17) is 10.5 Å². The van der Waals surface area contributed by atoms with Gasteiger partial charge in [0.1, 0.15) is 12.4 Å². The van der Waals surface area contributed by atoms with E-state index >= 15 is 0 Å². The number of anilines is 2. The largest absolute Gasteiger partial charge is 0.492 e. The molecule has 0 spiro atoms. The highest BCUT2D eigenvalue weighted by molar-refractivity contribution is 5.36. The first-order valence-corrected chi connectivity index (χ1v) is 8.50. The van der Waals surface area contributed by atoms with Crippen LogP contribution in [0.3, 0.4) is 0 Å². The van der Waals surface area contributed by atoms with Gasteiger partial charge >= 0.3 is 0 Å². The van der Waals surface area contributed by atoms with Gasteiger partial charge in [0.2, 0.25) is 11.9 Å². The second kappa shape index (κ2) is 7.53. The zero-order valence-electron chi connectivity index (χ0n) is 14.4. The molecule has 0 radical (unpaired) electrons. The summed E-state index contributed by atoms with van der Waals surface area (Å²) >= 11 is 0. The standard InChI is InChI=1S/C17H26N6O/c1-13(2)14-5-3-4-6-15(14)24-12-11-22-7-9-23(10-8-22)17-19-16(18)20-21-17/h3-6,13H,7-12H2,1-2H3,(H3,18,19,20,21). The SMILES string of the molecule is CC(C)c1ccccc1OCCN1CCN(c2nc(N)n[nH]2)CC1. The molecule has 0 amide bonds. The van der Waals surface area contributed by atoms with E-state index in [1.54, 1.807) is 0 Å². The van der Waals surface area contributed by atoms with Crippen molar-refractivity contribution < 1.29 is 4.74 Å². The Bertz CT molecular complexity index is 648. The number of nitrogen functional groups attached to an aromatic ring is 1. The summed E-state index contributed by atoms with van der Waals surface area (Å²) in [5.41, 5.74) is 6.83. The highest BCUT2D eigenvalue weighted by atomic mass is 16.5. The molecule has 0 unspecified atom stereocenters. The molecule has 1 fully saturated rings. The third kappa shape index (κ3) is 3.97. The number of hydrogen-bond acceptors (Lipinski definition) is 6. The predicted octanol–water partition coefficient (Wildman–Crippen LogP) is 1.71. The van der Waals surface area contributed by atoms with Crippen LogP contribution in [0.4, 0.5) is 11.9 Å². The molecule has 0 bridgehead atoms. The highest BCUT2D eigenvalue weighted by Crippen LogP contribution is 2.25. The molecule has 0 atom stereocenters. The van der Waals surface area contributed by atoms with Gasteiger partial charge in [0.05, 0.1) is 0 Å². The van der Waals surface area contributed by atoms with Gasteiger partial charge in [-0.1, -0.05) is 32.0 Å². The second-order valence-corrected chi connectivity index (χ2v) is 6.39. The van der Waals surface area contributed by atoms with Gasteiger partial charge in [-0.25, -0.2) is 5.10 Å². The van der Waals surface area contributed by atoms with Crippen molar-refractivity contribution in [1.82, 2.24) is 20.1 Å². The molecule has 130 valence electrons. The summed E-state index contributed by atoms with van der Waals surface area (Å²) in [4.78, 5) is 8.77. The molecular weight excluding hydrogens is 304 g/mol. The van der Waals surface area contributed by atoms with Crippen molar-refractivity contribution in [1.29, 1.82) is 0 Å². The Morgan fingerprint density at radius 2 is 1.96 bits per heavy atom. The Morgan fingerprint density at radius 3 is 2.62 bits per heavy atom. The fourth-order valence-corrected chi connectivity index (χ4v) is 2.96. The Hall–Kier alpha value is -2.28. The third-order valence-corrected chi connectivity index (χ3v) is 4.37. The Morgan fingerprint density at radius 1 is 1.21 bits per heavy atom. The first-order valence-electron chi connectivity index (χ1n) is 8.50. The summed E-state index contributed by atoms with van der Waals surface area (Å²) in [7, 11) is 0. The fraction of sp³-hybridized carbons (Fsp3) is 0.529. The molecule has 1 aliphatic rings. The molecule has 1 saturated heterocycles. The molecule has 3 N–H and O–H groups in total. The van der Waals surface area contributed by atoms with Crippen LogP contribution in [0.15, 0.2) is 24.3 Å². The molecule has 1 aromatic heterocycles. The summed E-state index contributed by atoms with van der Waals surface area (Å²) < 4.78 is 6.02.